The molecule has 1 amide bonds. The summed E-state index contributed by atoms with van der Waals surface area (Å²) in [4.78, 5) is 17.7. The summed E-state index contributed by atoms with van der Waals surface area (Å²) in [5.74, 6) is 4.32. The Balaban J connectivity index is 2.19. The second kappa shape index (κ2) is 6.15. The summed E-state index contributed by atoms with van der Waals surface area (Å²) in [6.07, 6.45) is 2.16. The number of likely N-dealkylation sites (tertiary alicyclic amines) is 1. The van der Waals surface area contributed by atoms with Gasteiger partial charge in [0.2, 0.25) is 0 Å². The van der Waals surface area contributed by atoms with Gasteiger partial charge in [-0.05, 0) is 18.4 Å². The number of pyridine rings is 1. The molecule has 0 aliphatic carbocycles. The molecule has 3 N–H and O–H groups in total. The van der Waals surface area contributed by atoms with Gasteiger partial charge in [-0.3, -0.25) is 4.79 Å². The molecule has 2 unspecified atom stereocenters. The van der Waals surface area contributed by atoms with Gasteiger partial charge >= 0.3 is 0 Å². The van der Waals surface area contributed by atoms with Crippen LogP contribution in [0.15, 0.2) is 12.3 Å². The predicted molar refractivity (Wildman–Crippen MR) is 72.5 cm³/mol. The van der Waals surface area contributed by atoms with Crippen molar-refractivity contribution in [2.24, 2.45) is 11.8 Å². The number of hydrazine groups is 1. The van der Waals surface area contributed by atoms with E-state index < -0.39 is 5.82 Å². The molecule has 1 saturated heterocycles. The van der Waals surface area contributed by atoms with Crippen molar-refractivity contribution in [3.8, 4) is 0 Å². The lowest BCUT2D eigenvalue weighted by atomic mass is 9.95. The largest absolute Gasteiger partial charge is 0.379 e. The number of nitrogens with two attached hydrogens (primary N) is 1. The number of nitrogen functional groups attached to an aromatic ring is 1. The van der Waals surface area contributed by atoms with Gasteiger partial charge in [-0.1, -0.05) is 6.92 Å². The van der Waals surface area contributed by atoms with Crippen molar-refractivity contribution < 1.29 is 13.9 Å². The van der Waals surface area contributed by atoms with Gasteiger partial charge in [-0.15, -0.1) is 0 Å². The van der Waals surface area contributed by atoms with Crippen molar-refractivity contribution in [3.05, 3.63) is 23.6 Å². The number of nitrogens with zero attached hydrogens (tertiary/aromatic N) is 2. The van der Waals surface area contributed by atoms with Crippen molar-refractivity contribution in [1.29, 1.82) is 0 Å². The number of halogens is 1. The molecule has 1 fully saturated rings. The Kier molecular flexibility index (Phi) is 4.51. The van der Waals surface area contributed by atoms with Crippen LogP contribution in [0, 0.1) is 11.7 Å². The van der Waals surface area contributed by atoms with Crippen LogP contribution in [-0.2, 0) is 4.74 Å². The van der Waals surface area contributed by atoms with Crippen molar-refractivity contribution in [2.75, 3.05) is 25.6 Å². The molecule has 0 bridgehead atoms. The second-order valence-corrected chi connectivity index (χ2v) is 4.96. The fraction of sp³-hybridized carbons (Fsp3) is 0.538. The first-order chi connectivity index (χ1) is 9.58. The fourth-order valence-electron chi connectivity index (χ4n) is 2.40. The van der Waals surface area contributed by atoms with E-state index >= 15 is 0 Å². The minimum absolute atomic E-state index is 0.0234. The van der Waals surface area contributed by atoms with Gasteiger partial charge in [0, 0.05) is 26.4 Å². The van der Waals surface area contributed by atoms with Gasteiger partial charge in [0.25, 0.3) is 5.91 Å². The smallest absolute Gasteiger partial charge is 0.257 e. The van der Waals surface area contributed by atoms with E-state index in [1.165, 1.54) is 12.3 Å². The Morgan fingerprint density at radius 1 is 1.65 bits per heavy atom. The third kappa shape index (κ3) is 2.73. The average molecular weight is 282 g/mol. The Labute approximate surface area is 117 Å². The molecular formula is C13H19FN4O2. The predicted octanol–water partition coefficient (Wildman–Crippen LogP) is 1.00. The van der Waals surface area contributed by atoms with Crippen molar-refractivity contribution >= 4 is 11.7 Å². The van der Waals surface area contributed by atoms with Crippen molar-refractivity contribution in [1.82, 2.24) is 9.88 Å². The maximum absolute atomic E-state index is 14.1. The number of ether oxygens (including phenoxy) is 1. The summed E-state index contributed by atoms with van der Waals surface area (Å²) in [7, 11) is 1.62. The third-order valence-electron chi connectivity index (χ3n) is 3.74. The highest BCUT2D eigenvalue weighted by Crippen LogP contribution is 2.23. The fourth-order valence-corrected chi connectivity index (χ4v) is 2.40. The Bertz CT molecular complexity index is 497. The number of nitrogens with one attached hydrogen (secondary N) is 1. The summed E-state index contributed by atoms with van der Waals surface area (Å²) >= 11 is 0. The van der Waals surface area contributed by atoms with Crippen LogP contribution >= 0.6 is 0 Å². The number of carbonyl (C=O) groups is 1. The maximum atomic E-state index is 14.1. The zero-order valence-corrected chi connectivity index (χ0v) is 11.6. The quantitative estimate of drug-likeness (QED) is 0.638. The molecule has 20 heavy (non-hydrogen) atoms. The van der Waals surface area contributed by atoms with E-state index in [0.717, 1.165) is 6.42 Å². The summed E-state index contributed by atoms with van der Waals surface area (Å²) in [5, 5.41) is 0. The van der Waals surface area contributed by atoms with Crippen LogP contribution < -0.4 is 11.3 Å². The van der Waals surface area contributed by atoms with Gasteiger partial charge < -0.3 is 15.1 Å². The number of hydrogen-bond donors (Lipinski definition) is 2. The molecule has 0 radical (unpaired) electrons. The molecule has 2 rings (SSSR count). The summed E-state index contributed by atoms with van der Waals surface area (Å²) in [5.41, 5.74) is 2.11. The van der Waals surface area contributed by atoms with E-state index in [1.54, 1.807) is 12.0 Å². The first-order valence-electron chi connectivity index (χ1n) is 6.51. The molecular weight excluding hydrogens is 263 g/mol. The van der Waals surface area contributed by atoms with Crippen LogP contribution in [0.5, 0.6) is 0 Å². The highest BCUT2D eigenvalue weighted by Gasteiger charge is 2.30. The van der Waals surface area contributed by atoms with Crippen LogP contribution in [0.3, 0.4) is 0 Å². The van der Waals surface area contributed by atoms with E-state index in [0.29, 0.717) is 19.0 Å². The molecule has 6 nitrogen and oxygen atoms in total. The number of anilines is 1. The minimum Gasteiger partial charge on any atom is -0.379 e. The number of methoxy groups -OCH3 is 1. The van der Waals surface area contributed by atoms with Crippen LogP contribution in [0.4, 0.5) is 10.2 Å². The topological polar surface area (TPSA) is 80.5 Å². The SMILES string of the molecule is COC1CN(C(=O)c2ccnc(NN)c2F)CCC1C. The lowest BCUT2D eigenvalue weighted by molar-refractivity contribution is -0.00172. The molecule has 110 valence electrons. The zero-order valence-electron chi connectivity index (χ0n) is 11.6. The Morgan fingerprint density at radius 3 is 3.05 bits per heavy atom. The Hall–Kier alpha value is -1.73. The molecule has 1 aliphatic heterocycles. The summed E-state index contributed by atoms with van der Waals surface area (Å²) in [6, 6.07) is 1.36. The van der Waals surface area contributed by atoms with E-state index in [4.69, 9.17) is 10.6 Å². The molecule has 1 aromatic rings. The number of rotatable bonds is 3. The summed E-state index contributed by atoms with van der Waals surface area (Å²) in [6.45, 7) is 3.14. The van der Waals surface area contributed by atoms with Crippen molar-refractivity contribution in [3.63, 3.8) is 0 Å². The molecule has 0 aromatic carbocycles. The third-order valence-corrected chi connectivity index (χ3v) is 3.74. The monoisotopic (exact) mass is 282 g/mol. The van der Waals surface area contributed by atoms with Gasteiger partial charge in [0.15, 0.2) is 11.6 Å². The lowest BCUT2D eigenvalue weighted by Crippen LogP contribution is -2.46. The first-order valence-corrected chi connectivity index (χ1v) is 6.51. The van der Waals surface area contributed by atoms with Gasteiger partial charge in [-0.2, -0.15) is 0 Å². The number of piperidine rings is 1. The average Bonchev–Trinajstić information content (AvgIpc) is 2.47. The first kappa shape index (κ1) is 14.7. The lowest BCUT2D eigenvalue weighted by Gasteiger charge is -2.36. The molecule has 7 heteroatoms. The van der Waals surface area contributed by atoms with E-state index in [1.807, 2.05) is 0 Å². The molecule has 1 aliphatic rings. The molecule has 0 saturated carbocycles. The highest BCUT2D eigenvalue weighted by atomic mass is 19.1. The van der Waals surface area contributed by atoms with Crippen LogP contribution in [0.1, 0.15) is 23.7 Å². The maximum Gasteiger partial charge on any atom is 0.257 e. The molecule has 2 heterocycles. The highest BCUT2D eigenvalue weighted by molar-refractivity contribution is 5.95. The van der Waals surface area contributed by atoms with Gasteiger partial charge in [-0.25, -0.2) is 15.2 Å². The van der Waals surface area contributed by atoms with Gasteiger partial charge in [0.05, 0.1) is 11.7 Å². The van der Waals surface area contributed by atoms with E-state index in [9.17, 15) is 9.18 Å². The van der Waals surface area contributed by atoms with E-state index in [-0.39, 0.29) is 23.4 Å². The Morgan fingerprint density at radius 2 is 2.40 bits per heavy atom. The van der Waals surface area contributed by atoms with Gasteiger partial charge in [0.1, 0.15) is 0 Å². The van der Waals surface area contributed by atoms with Crippen molar-refractivity contribution in [2.45, 2.75) is 19.4 Å². The van der Waals surface area contributed by atoms with E-state index in [2.05, 4.69) is 17.3 Å². The molecule has 1 aromatic heterocycles. The van der Waals surface area contributed by atoms with Crippen LogP contribution in [-0.4, -0.2) is 42.1 Å². The number of hydrogen-bond acceptors (Lipinski definition) is 5. The number of amides is 1. The standard InChI is InChI=1S/C13H19FN4O2/c1-8-4-6-18(7-10(8)20-2)13(19)9-3-5-16-12(17-15)11(9)14/h3,5,8,10H,4,6-7,15H2,1-2H3,(H,16,17). The van der Waals surface area contributed by atoms with Crippen LogP contribution in [0.2, 0.25) is 0 Å². The number of aromatic nitrogens is 1. The molecule has 2 atom stereocenters. The zero-order chi connectivity index (χ0) is 14.7. The summed E-state index contributed by atoms with van der Waals surface area (Å²) < 4.78 is 19.4. The molecule has 0 spiro atoms. The normalized spacial score (nSPS) is 22.7. The van der Waals surface area contributed by atoms with Crippen LogP contribution in [0.25, 0.3) is 0 Å². The number of carbonyl (C=O) groups excluding carboxylic acids is 1. The minimum atomic E-state index is -0.729. The second-order valence-electron chi connectivity index (χ2n) is 4.96.